The summed E-state index contributed by atoms with van der Waals surface area (Å²) < 4.78 is 47.0. The number of alkyl halides is 2. The molecule has 350 valence electrons. The van der Waals surface area contributed by atoms with Crippen molar-refractivity contribution >= 4 is 40.9 Å². The molecular formula is C50H55F2N3O11. The largest absolute Gasteiger partial charge is 0.506 e. The number of anilines is 1. The van der Waals surface area contributed by atoms with E-state index in [0.29, 0.717) is 17.6 Å². The molecule has 5 N–H and O–H groups in total. The number of aliphatic hydroxyl groups is 2. The molecule has 66 heavy (non-hydrogen) atoms. The van der Waals surface area contributed by atoms with Crippen LogP contribution in [0.15, 0.2) is 90.6 Å². The lowest BCUT2D eigenvalue weighted by Crippen LogP contribution is -2.70. The fourth-order valence-corrected chi connectivity index (χ4v) is 11.7. The first-order valence-electron chi connectivity index (χ1n) is 22.3. The van der Waals surface area contributed by atoms with Crippen LogP contribution in [0.1, 0.15) is 82.8 Å². The zero-order valence-electron chi connectivity index (χ0n) is 37.2. The van der Waals surface area contributed by atoms with Crippen LogP contribution in [0.5, 0.6) is 5.75 Å². The number of carbonyl (C=O) groups is 6. The van der Waals surface area contributed by atoms with E-state index < -0.39 is 112 Å². The first kappa shape index (κ1) is 46.8. The van der Waals surface area contributed by atoms with Crippen molar-refractivity contribution in [1.82, 2.24) is 10.2 Å². The molecule has 2 aromatic rings. The topological polar surface area (TPSA) is 209 Å². The van der Waals surface area contributed by atoms with E-state index in [9.17, 15) is 44.1 Å². The Morgan fingerprint density at radius 2 is 1.67 bits per heavy atom. The standard InChI is InChI=1S/C50H55F2N3O11/c1-26-14-16-47(4)34(18-26)35(51)22-33-32-23-41-50(40(60)25-56,48(32,5)24-39(59)49(33,47)52)66-46(65-41)31-9-6-29(7-10-31)20-30-8-11-37(57)36(21-30)54-45(64)27(2)19-38(58)28(3)53-42(61)15-17-55-43(62)12-13-44(55)63/h6-14,16,18,21,27-28,32-33,35,39,41,46,56-57,59H,1,15,17,19-20,22-25H2,2-5H3,(H,53,61)(H,54,64)/t27-,28+,32+,33+,35+,39+,41-,46-,47+,48+,49+,50-/m1/s1. The number of phenolic OH excluding ortho intramolecular Hbond substituents is 1. The third-order valence-electron chi connectivity index (χ3n) is 15.3. The Bertz CT molecular complexity index is 2470. The second kappa shape index (κ2) is 17.2. The molecule has 0 radical (unpaired) electrons. The molecule has 0 unspecified atom stereocenters. The van der Waals surface area contributed by atoms with Crippen molar-refractivity contribution in [2.75, 3.05) is 18.5 Å². The van der Waals surface area contributed by atoms with Crippen molar-refractivity contribution in [2.24, 2.45) is 28.6 Å². The fourth-order valence-electron chi connectivity index (χ4n) is 11.7. The number of ether oxygens (including phenoxy) is 2. The summed E-state index contributed by atoms with van der Waals surface area (Å²) >= 11 is 0. The minimum absolute atomic E-state index is 0.125. The molecule has 4 amide bonds. The van der Waals surface area contributed by atoms with Gasteiger partial charge >= 0.3 is 0 Å². The Balaban J connectivity index is 0.900. The monoisotopic (exact) mass is 911 g/mol. The van der Waals surface area contributed by atoms with Crippen LogP contribution in [0.3, 0.4) is 0 Å². The minimum atomic E-state index is -2.26. The highest BCUT2D eigenvalue weighted by Crippen LogP contribution is 2.72. The number of halogens is 2. The molecule has 0 aromatic heterocycles. The highest BCUT2D eigenvalue weighted by atomic mass is 19.1. The maximum Gasteiger partial charge on any atom is 0.253 e. The molecule has 2 aromatic carbocycles. The van der Waals surface area contributed by atoms with Gasteiger partial charge < -0.3 is 35.4 Å². The quantitative estimate of drug-likeness (QED) is 0.126. The third-order valence-corrected chi connectivity index (χ3v) is 15.3. The number of carbonyl (C=O) groups excluding carboxylic acids is 6. The molecule has 2 aliphatic heterocycles. The maximum atomic E-state index is 17.8. The van der Waals surface area contributed by atoms with Crippen molar-refractivity contribution in [3.63, 3.8) is 0 Å². The number of rotatable bonds is 14. The van der Waals surface area contributed by atoms with Gasteiger partial charge in [-0.15, -0.1) is 0 Å². The van der Waals surface area contributed by atoms with Crippen molar-refractivity contribution in [2.45, 2.75) is 108 Å². The van der Waals surface area contributed by atoms with Crippen LogP contribution in [0.25, 0.3) is 0 Å². The zero-order chi connectivity index (χ0) is 47.7. The molecule has 16 heteroatoms. The van der Waals surface area contributed by atoms with Gasteiger partial charge in [-0.3, -0.25) is 33.7 Å². The number of ketones is 2. The number of hydrogen-bond donors (Lipinski definition) is 5. The van der Waals surface area contributed by atoms with Gasteiger partial charge in [-0.1, -0.05) is 69.0 Å². The molecule has 8 rings (SSSR count). The number of nitrogens with zero attached hydrogens (tertiary/aromatic N) is 1. The number of aromatic hydroxyl groups is 1. The molecule has 4 fully saturated rings. The number of Topliss-reactive ketones (excluding diaryl/α,β-unsaturated/α-hetero) is 2. The highest BCUT2D eigenvalue weighted by molar-refractivity contribution is 6.13. The number of allylic oxidation sites excluding steroid dienone is 5. The van der Waals surface area contributed by atoms with Crippen LogP contribution in [0.4, 0.5) is 14.5 Å². The van der Waals surface area contributed by atoms with Gasteiger partial charge in [0.25, 0.3) is 11.8 Å². The maximum absolute atomic E-state index is 17.8. The molecule has 0 spiro atoms. The fraction of sp³-hybridized carbons (Fsp3) is 0.480. The average molecular weight is 912 g/mol. The summed E-state index contributed by atoms with van der Waals surface area (Å²) in [6.07, 6.45) is 1.69. The average Bonchev–Trinajstić information content (AvgIpc) is 3.90. The van der Waals surface area contributed by atoms with E-state index in [0.717, 1.165) is 28.2 Å². The molecule has 2 heterocycles. The van der Waals surface area contributed by atoms with Crippen molar-refractivity contribution in [1.29, 1.82) is 0 Å². The van der Waals surface area contributed by atoms with Crippen LogP contribution in [-0.4, -0.2) is 104 Å². The summed E-state index contributed by atoms with van der Waals surface area (Å²) in [5, 5.41) is 38.0. The molecule has 14 nitrogen and oxygen atoms in total. The van der Waals surface area contributed by atoms with Crippen LogP contribution >= 0.6 is 0 Å². The van der Waals surface area contributed by atoms with Gasteiger partial charge in [0, 0.05) is 59.8 Å². The predicted molar refractivity (Wildman–Crippen MR) is 235 cm³/mol. The van der Waals surface area contributed by atoms with E-state index in [1.807, 2.05) is 12.1 Å². The van der Waals surface area contributed by atoms with E-state index in [-0.39, 0.29) is 55.7 Å². The summed E-state index contributed by atoms with van der Waals surface area (Å²) in [4.78, 5) is 76.8. The van der Waals surface area contributed by atoms with Crippen LogP contribution in [0, 0.1) is 28.6 Å². The lowest BCUT2D eigenvalue weighted by molar-refractivity contribution is -0.235. The molecule has 12 atom stereocenters. The van der Waals surface area contributed by atoms with Crippen LogP contribution in [0.2, 0.25) is 0 Å². The summed E-state index contributed by atoms with van der Waals surface area (Å²) in [5.41, 5.74) is -3.65. The van der Waals surface area contributed by atoms with E-state index in [2.05, 4.69) is 17.2 Å². The lowest BCUT2D eigenvalue weighted by atomic mass is 9.44. The van der Waals surface area contributed by atoms with E-state index in [1.165, 1.54) is 19.9 Å². The summed E-state index contributed by atoms with van der Waals surface area (Å²) in [6, 6.07) is 11.0. The summed E-state index contributed by atoms with van der Waals surface area (Å²) in [7, 11) is 0. The van der Waals surface area contributed by atoms with Gasteiger partial charge in [-0.25, -0.2) is 8.78 Å². The summed E-state index contributed by atoms with van der Waals surface area (Å²) in [6.45, 7) is 9.27. The number of fused-ring (bicyclic) bond motifs is 7. The number of imide groups is 1. The summed E-state index contributed by atoms with van der Waals surface area (Å²) in [5.74, 6) is -5.84. The predicted octanol–water partition coefficient (Wildman–Crippen LogP) is 4.97. The first-order valence-corrected chi connectivity index (χ1v) is 22.3. The van der Waals surface area contributed by atoms with Gasteiger partial charge in [0.1, 0.15) is 18.5 Å². The second-order valence-corrected chi connectivity index (χ2v) is 19.2. The van der Waals surface area contributed by atoms with Crippen molar-refractivity contribution in [3.8, 4) is 5.75 Å². The van der Waals surface area contributed by atoms with Crippen LogP contribution < -0.4 is 10.6 Å². The normalized spacial score (nSPS) is 33.9. The Morgan fingerprint density at radius 1 is 0.985 bits per heavy atom. The number of hydrogen-bond acceptors (Lipinski definition) is 11. The Hall–Kier alpha value is -5.68. The second-order valence-electron chi connectivity index (χ2n) is 19.2. The molecule has 3 saturated carbocycles. The lowest BCUT2D eigenvalue weighted by Gasteiger charge is -2.63. The van der Waals surface area contributed by atoms with Crippen molar-refractivity contribution in [3.05, 3.63) is 107 Å². The van der Waals surface area contributed by atoms with E-state index >= 15 is 8.78 Å². The van der Waals surface area contributed by atoms with Gasteiger partial charge in [0.15, 0.2) is 29.1 Å². The molecule has 1 saturated heterocycles. The number of aliphatic hydroxyl groups excluding tert-OH is 2. The van der Waals surface area contributed by atoms with Crippen molar-refractivity contribution < 1.29 is 62.3 Å². The van der Waals surface area contributed by atoms with E-state index in [1.54, 1.807) is 56.3 Å². The Labute approximate surface area is 380 Å². The van der Waals surface area contributed by atoms with Crippen LogP contribution in [-0.2, 0) is 44.7 Å². The third kappa shape index (κ3) is 7.55. The highest BCUT2D eigenvalue weighted by Gasteiger charge is 2.80. The number of phenols is 1. The zero-order valence-corrected chi connectivity index (χ0v) is 37.2. The Kier molecular flexibility index (Phi) is 12.2. The molecule has 4 aliphatic carbocycles. The number of amides is 4. The van der Waals surface area contributed by atoms with Gasteiger partial charge in [-0.2, -0.15) is 0 Å². The minimum Gasteiger partial charge on any atom is -0.506 e. The Morgan fingerprint density at radius 3 is 2.35 bits per heavy atom. The smallest absolute Gasteiger partial charge is 0.253 e. The SMILES string of the molecule is C=C1C=C[C@@]2(C)C(=C1)[C@@H](F)C[C@H]1[C@@H]3C[C@H]4O[C@@H](c5ccc(Cc6ccc(O)c(NC(=O)[C@H](C)CC(=O)[C@H](C)NC(=O)CCN7C(=O)C=CC7=O)c6)cc5)O[C@@]4(C(=O)CO)[C@@]3(C)C[C@H](O)[C@@]12F. The van der Waals surface area contributed by atoms with Gasteiger partial charge in [0.05, 0.1) is 23.9 Å². The van der Waals surface area contributed by atoms with Gasteiger partial charge in [0.2, 0.25) is 11.8 Å². The molecule has 6 aliphatic rings. The van der Waals surface area contributed by atoms with Gasteiger partial charge in [-0.05, 0) is 79.9 Å². The molecular weight excluding hydrogens is 857 g/mol. The number of nitrogens with one attached hydrogen (secondary N) is 2. The number of benzene rings is 2. The molecule has 0 bridgehead atoms. The first-order chi connectivity index (χ1) is 31.2. The van der Waals surface area contributed by atoms with E-state index in [4.69, 9.17) is 9.47 Å².